The standard InChI is InChI=1S/C8H11BrOS2/c1-6(4-10)12-5-8-7(9)2-3-11-8/h2-3,6,10H,4-5H2,1H3. The van der Waals surface area contributed by atoms with E-state index in [0.29, 0.717) is 5.25 Å². The molecule has 0 aliphatic carbocycles. The van der Waals surface area contributed by atoms with E-state index in [4.69, 9.17) is 5.11 Å². The van der Waals surface area contributed by atoms with Gasteiger partial charge in [0, 0.05) is 20.4 Å². The molecule has 1 atom stereocenters. The van der Waals surface area contributed by atoms with Crippen LogP contribution in [0.1, 0.15) is 11.8 Å². The molecule has 1 heterocycles. The van der Waals surface area contributed by atoms with E-state index < -0.39 is 0 Å². The largest absolute Gasteiger partial charge is 0.395 e. The summed E-state index contributed by atoms with van der Waals surface area (Å²) >= 11 is 7.00. The zero-order valence-electron chi connectivity index (χ0n) is 6.79. The lowest BCUT2D eigenvalue weighted by Gasteiger charge is -2.05. The smallest absolute Gasteiger partial charge is 0.0547 e. The van der Waals surface area contributed by atoms with Crippen molar-refractivity contribution in [2.24, 2.45) is 0 Å². The van der Waals surface area contributed by atoms with Crippen molar-refractivity contribution in [3.8, 4) is 0 Å². The van der Waals surface area contributed by atoms with Crippen molar-refractivity contribution in [3.63, 3.8) is 0 Å². The van der Waals surface area contributed by atoms with Crippen LogP contribution in [-0.2, 0) is 5.75 Å². The Morgan fingerprint density at radius 2 is 2.50 bits per heavy atom. The highest BCUT2D eigenvalue weighted by molar-refractivity contribution is 9.10. The zero-order chi connectivity index (χ0) is 8.97. The molecule has 0 aliphatic rings. The fraction of sp³-hybridized carbons (Fsp3) is 0.500. The molecule has 0 radical (unpaired) electrons. The van der Waals surface area contributed by atoms with Gasteiger partial charge in [-0.1, -0.05) is 6.92 Å². The number of rotatable bonds is 4. The predicted octanol–water partition coefficient (Wildman–Crippen LogP) is 3.12. The van der Waals surface area contributed by atoms with Gasteiger partial charge in [-0.05, 0) is 27.4 Å². The monoisotopic (exact) mass is 266 g/mol. The minimum Gasteiger partial charge on any atom is -0.395 e. The predicted molar refractivity (Wildman–Crippen MR) is 59.9 cm³/mol. The summed E-state index contributed by atoms with van der Waals surface area (Å²) < 4.78 is 1.19. The Morgan fingerprint density at radius 1 is 1.75 bits per heavy atom. The van der Waals surface area contributed by atoms with E-state index in [1.165, 1.54) is 9.35 Å². The summed E-state index contributed by atoms with van der Waals surface area (Å²) in [6.45, 7) is 2.29. The molecule has 68 valence electrons. The van der Waals surface area contributed by atoms with Crippen LogP contribution >= 0.6 is 39.0 Å². The van der Waals surface area contributed by atoms with Crippen LogP contribution in [-0.4, -0.2) is 17.0 Å². The van der Waals surface area contributed by atoms with E-state index in [-0.39, 0.29) is 6.61 Å². The molecule has 0 amide bonds. The molecule has 0 saturated heterocycles. The molecule has 0 saturated carbocycles. The number of halogens is 1. The van der Waals surface area contributed by atoms with Crippen LogP contribution in [0.5, 0.6) is 0 Å². The van der Waals surface area contributed by atoms with Gasteiger partial charge in [0.25, 0.3) is 0 Å². The van der Waals surface area contributed by atoms with Gasteiger partial charge in [0.2, 0.25) is 0 Å². The maximum Gasteiger partial charge on any atom is 0.0547 e. The number of aliphatic hydroxyl groups is 1. The summed E-state index contributed by atoms with van der Waals surface area (Å²) in [6.07, 6.45) is 0. The van der Waals surface area contributed by atoms with Gasteiger partial charge in [-0.2, -0.15) is 11.8 Å². The number of hydrogen-bond donors (Lipinski definition) is 1. The van der Waals surface area contributed by atoms with E-state index in [0.717, 1.165) is 5.75 Å². The molecule has 0 spiro atoms. The maximum atomic E-state index is 8.80. The Morgan fingerprint density at radius 3 is 3.00 bits per heavy atom. The lowest BCUT2D eigenvalue weighted by atomic mass is 10.5. The Bertz CT molecular complexity index is 237. The summed E-state index contributed by atoms with van der Waals surface area (Å²) in [4.78, 5) is 1.35. The number of aliphatic hydroxyl groups excluding tert-OH is 1. The van der Waals surface area contributed by atoms with Crippen molar-refractivity contribution < 1.29 is 5.11 Å². The van der Waals surface area contributed by atoms with Gasteiger partial charge in [0.05, 0.1) is 6.61 Å². The third-order valence-electron chi connectivity index (χ3n) is 1.45. The lowest BCUT2D eigenvalue weighted by Crippen LogP contribution is -2.01. The molecule has 0 bridgehead atoms. The zero-order valence-corrected chi connectivity index (χ0v) is 10.0. The van der Waals surface area contributed by atoms with Gasteiger partial charge >= 0.3 is 0 Å². The molecule has 1 unspecified atom stereocenters. The van der Waals surface area contributed by atoms with Crippen LogP contribution in [0.3, 0.4) is 0 Å². The van der Waals surface area contributed by atoms with E-state index in [1.807, 2.05) is 6.92 Å². The summed E-state index contributed by atoms with van der Waals surface area (Å²) in [6, 6.07) is 2.06. The average molecular weight is 267 g/mol. The first kappa shape index (κ1) is 10.6. The highest BCUT2D eigenvalue weighted by atomic mass is 79.9. The third kappa shape index (κ3) is 3.09. The highest BCUT2D eigenvalue weighted by Crippen LogP contribution is 2.28. The van der Waals surface area contributed by atoms with Crippen LogP contribution in [0.2, 0.25) is 0 Å². The van der Waals surface area contributed by atoms with Gasteiger partial charge in [0.1, 0.15) is 0 Å². The van der Waals surface area contributed by atoms with Crippen molar-refractivity contribution >= 4 is 39.0 Å². The van der Waals surface area contributed by atoms with Crippen molar-refractivity contribution in [1.82, 2.24) is 0 Å². The van der Waals surface area contributed by atoms with Crippen LogP contribution in [0.4, 0.5) is 0 Å². The topological polar surface area (TPSA) is 20.2 Å². The number of thiophene rings is 1. The molecule has 1 rings (SSSR count). The number of hydrogen-bond acceptors (Lipinski definition) is 3. The van der Waals surface area contributed by atoms with Crippen molar-refractivity contribution in [2.75, 3.05) is 6.61 Å². The fourth-order valence-corrected chi connectivity index (χ4v) is 3.33. The molecule has 0 fully saturated rings. The Balaban J connectivity index is 2.38. The fourth-order valence-electron chi connectivity index (χ4n) is 0.699. The van der Waals surface area contributed by atoms with Crippen LogP contribution in [0.25, 0.3) is 0 Å². The molecule has 0 aliphatic heterocycles. The molecule has 1 aromatic rings. The molecule has 12 heavy (non-hydrogen) atoms. The van der Waals surface area contributed by atoms with Crippen LogP contribution in [0.15, 0.2) is 15.9 Å². The summed E-state index contributed by atoms with van der Waals surface area (Å²) in [5.41, 5.74) is 0. The van der Waals surface area contributed by atoms with Gasteiger partial charge < -0.3 is 5.11 Å². The van der Waals surface area contributed by atoms with Gasteiger partial charge in [-0.15, -0.1) is 11.3 Å². The van der Waals surface area contributed by atoms with E-state index >= 15 is 0 Å². The SMILES string of the molecule is CC(CO)SCc1sccc1Br. The van der Waals surface area contributed by atoms with Gasteiger partial charge in [-0.3, -0.25) is 0 Å². The second-order valence-electron chi connectivity index (χ2n) is 2.50. The molecule has 4 heteroatoms. The Kier molecular flexibility index (Phi) is 4.64. The second kappa shape index (κ2) is 5.27. The normalized spacial score (nSPS) is 13.2. The Labute approximate surface area is 89.3 Å². The molecule has 0 aromatic carbocycles. The first-order valence-corrected chi connectivity index (χ1v) is 6.40. The van der Waals surface area contributed by atoms with Crippen molar-refractivity contribution in [3.05, 3.63) is 20.8 Å². The molecule has 1 aromatic heterocycles. The van der Waals surface area contributed by atoms with Crippen molar-refractivity contribution in [1.29, 1.82) is 0 Å². The van der Waals surface area contributed by atoms with Crippen molar-refractivity contribution in [2.45, 2.75) is 17.9 Å². The minimum atomic E-state index is 0.258. The summed E-state index contributed by atoms with van der Waals surface area (Å²) in [5, 5.41) is 11.2. The first-order chi connectivity index (χ1) is 5.74. The maximum absolute atomic E-state index is 8.80. The van der Waals surface area contributed by atoms with Gasteiger partial charge in [0.15, 0.2) is 0 Å². The average Bonchev–Trinajstić information content (AvgIpc) is 2.47. The highest BCUT2D eigenvalue weighted by Gasteiger charge is 2.04. The third-order valence-corrected chi connectivity index (χ3v) is 4.73. The van der Waals surface area contributed by atoms with Gasteiger partial charge in [-0.25, -0.2) is 0 Å². The Hall–Kier alpha value is 0.490. The summed E-state index contributed by atoms with van der Waals surface area (Å²) in [7, 11) is 0. The van der Waals surface area contributed by atoms with E-state index in [9.17, 15) is 0 Å². The molecule has 1 nitrogen and oxygen atoms in total. The van der Waals surface area contributed by atoms with E-state index in [2.05, 4.69) is 27.4 Å². The first-order valence-electron chi connectivity index (χ1n) is 3.68. The molecular weight excluding hydrogens is 256 g/mol. The lowest BCUT2D eigenvalue weighted by molar-refractivity contribution is 0.300. The summed E-state index contributed by atoms with van der Waals surface area (Å²) in [5.74, 6) is 0.986. The van der Waals surface area contributed by atoms with E-state index in [1.54, 1.807) is 23.1 Å². The number of thioether (sulfide) groups is 1. The second-order valence-corrected chi connectivity index (χ2v) is 5.78. The van der Waals surface area contributed by atoms with Crippen LogP contribution in [0, 0.1) is 0 Å². The molecule has 1 N–H and O–H groups in total. The molecular formula is C8H11BrOS2. The van der Waals surface area contributed by atoms with Crippen LogP contribution < -0.4 is 0 Å². The minimum absolute atomic E-state index is 0.258. The quantitative estimate of drug-likeness (QED) is 0.904.